The predicted molar refractivity (Wildman–Crippen MR) is 115 cm³/mol. The van der Waals surface area contributed by atoms with E-state index in [2.05, 4.69) is 73.1 Å². The van der Waals surface area contributed by atoms with E-state index in [1.807, 2.05) is 22.9 Å². The topological polar surface area (TPSA) is 56.1 Å². The summed E-state index contributed by atoms with van der Waals surface area (Å²) in [7, 11) is 0. The van der Waals surface area contributed by atoms with E-state index < -0.39 is 5.54 Å². The van der Waals surface area contributed by atoms with Crippen LogP contribution in [0.15, 0.2) is 34.8 Å². The lowest BCUT2D eigenvalue weighted by Gasteiger charge is -2.38. The van der Waals surface area contributed by atoms with Crippen molar-refractivity contribution in [3.8, 4) is 0 Å². The van der Waals surface area contributed by atoms with Crippen LogP contribution in [-0.4, -0.2) is 28.9 Å². The highest BCUT2D eigenvalue weighted by Gasteiger charge is 2.37. The molecule has 152 valence electrons. The molecule has 2 aromatic rings. The molecule has 1 saturated heterocycles. The van der Waals surface area contributed by atoms with Gasteiger partial charge in [-0.2, -0.15) is 5.10 Å². The number of hydrogen-bond acceptors (Lipinski definition) is 3. The minimum atomic E-state index is -0.442. The summed E-state index contributed by atoms with van der Waals surface area (Å²) in [5.74, 6) is 0.155. The van der Waals surface area contributed by atoms with E-state index in [9.17, 15) is 4.79 Å². The molecule has 1 amide bonds. The lowest BCUT2D eigenvalue weighted by Crippen LogP contribution is -2.49. The lowest BCUT2D eigenvalue weighted by molar-refractivity contribution is 0.0343. The van der Waals surface area contributed by atoms with Crippen LogP contribution in [-0.2, 0) is 15.8 Å². The molecule has 6 heteroatoms. The molecule has 1 aromatic heterocycles. The first-order valence-electron chi connectivity index (χ1n) is 9.89. The Morgan fingerprint density at radius 3 is 2.46 bits per heavy atom. The minimum absolute atomic E-state index is 0.133. The molecule has 1 aliphatic heterocycles. The summed E-state index contributed by atoms with van der Waals surface area (Å²) in [6.45, 7) is 11.8. The number of halogens is 1. The van der Waals surface area contributed by atoms with Crippen molar-refractivity contribution in [3.05, 3.63) is 51.8 Å². The second-order valence-corrected chi connectivity index (χ2v) is 9.77. The Morgan fingerprint density at radius 2 is 1.93 bits per heavy atom. The van der Waals surface area contributed by atoms with Gasteiger partial charge in [0.15, 0.2) is 5.69 Å². The van der Waals surface area contributed by atoms with Gasteiger partial charge in [0.25, 0.3) is 5.91 Å². The maximum atomic E-state index is 13.3. The number of rotatable bonds is 4. The first kappa shape index (κ1) is 21.1. The molecule has 0 radical (unpaired) electrons. The first-order valence-corrected chi connectivity index (χ1v) is 10.7. The zero-order valence-corrected chi connectivity index (χ0v) is 19.0. The Balaban J connectivity index is 1.95. The minimum Gasteiger partial charge on any atom is -0.381 e. The normalized spacial score (nSPS) is 17.0. The summed E-state index contributed by atoms with van der Waals surface area (Å²) in [4.78, 5) is 13.3. The number of nitrogens with one attached hydrogen (secondary N) is 1. The summed E-state index contributed by atoms with van der Waals surface area (Å²) in [6.07, 6.45) is 1.48. The van der Waals surface area contributed by atoms with Crippen LogP contribution in [0.3, 0.4) is 0 Å². The summed E-state index contributed by atoms with van der Waals surface area (Å²) in [5, 5.41) is 7.98. The molecule has 1 aliphatic rings. The third-order valence-electron chi connectivity index (χ3n) is 5.27. The average Bonchev–Trinajstić information content (AvgIpc) is 3.09. The van der Waals surface area contributed by atoms with Crippen molar-refractivity contribution in [2.75, 3.05) is 13.2 Å². The van der Waals surface area contributed by atoms with Gasteiger partial charge >= 0.3 is 0 Å². The number of carbonyl (C=O) groups excluding carboxylic acids is 1. The zero-order valence-electron chi connectivity index (χ0n) is 17.4. The van der Waals surface area contributed by atoms with E-state index in [4.69, 9.17) is 4.74 Å². The third-order valence-corrected chi connectivity index (χ3v) is 5.77. The summed E-state index contributed by atoms with van der Waals surface area (Å²) in [5.41, 5.74) is 2.01. The second kappa shape index (κ2) is 7.99. The number of nitrogens with zero attached hydrogens (tertiary/aromatic N) is 2. The van der Waals surface area contributed by atoms with Crippen molar-refractivity contribution in [2.45, 2.75) is 64.5 Å². The van der Waals surface area contributed by atoms with Crippen LogP contribution in [0.25, 0.3) is 0 Å². The Labute approximate surface area is 176 Å². The molecular formula is C22H30BrN3O2. The third kappa shape index (κ3) is 4.33. The van der Waals surface area contributed by atoms with E-state index in [1.165, 1.54) is 0 Å². The average molecular weight is 448 g/mol. The zero-order chi connectivity index (χ0) is 20.5. The highest BCUT2D eigenvalue weighted by Crippen LogP contribution is 2.34. The summed E-state index contributed by atoms with van der Waals surface area (Å²) in [6, 6.07) is 10.1. The Hall–Kier alpha value is -1.66. The molecule has 0 atom stereocenters. The van der Waals surface area contributed by atoms with Gasteiger partial charge in [-0.1, -0.05) is 41.9 Å². The summed E-state index contributed by atoms with van der Waals surface area (Å²) >= 11 is 3.56. The van der Waals surface area contributed by atoms with Crippen molar-refractivity contribution >= 4 is 21.8 Å². The van der Waals surface area contributed by atoms with Crippen molar-refractivity contribution in [1.29, 1.82) is 0 Å². The molecule has 0 bridgehead atoms. The van der Waals surface area contributed by atoms with Gasteiger partial charge in [0.1, 0.15) is 0 Å². The van der Waals surface area contributed by atoms with Gasteiger partial charge in [0.05, 0.1) is 11.1 Å². The molecule has 0 aliphatic carbocycles. The molecule has 28 heavy (non-hydrogen) atoms. The van der Waals surface area contributed by atoms with Crippen LogP contribution < -0.4 is 5.32 Å². The Kier molecular flexibility index (Phi) is 6.01. The van der Waals surface area contributed by atoms with Crippen molar-refractivity contribution in [2.24, 2.45) is 0 Å². The van der Waals surface area contributed by atoms with Gasteiger partial charge in [-0.05, 0) is 63.3 Å². The number of aromatic nitrogens is 2. The van der Waals surface area contributed by atoms with Crippen LogP contribution >= 0.6 is 15.9 Å². The van der Waals surface area contributed by atoms with Gasteiger partial charge in [0.2, 0.25) is 0 Å². The molecule has 1 N–H and O–H groups in total. The Bertz CT molecular complexity index is 846. The Morgan fingerprint density at radius 1 is 1.25 bits per heavy atom. The van der Waals surface area contributed by atoms with Crippen molar-refractivity contribution in [1.82, 2.24) is 15.1 Å². The van der Waals surface area contributed by atoms with Crippen LogP contribution in [0.5, 0.6) is 0 Å². The highest BCUT2D eigenvalue weighted by molar-refractivity contribution is 9.10. The number of benzene rings is 1. The van der Waals surface area contributed by atoms with Crippen LogP contribution in [0.4, 0.5) is 0 Å². The fraction of sp³-hybridized carbons (Fsp3) is 0.545. The quantitative estimate of drug-likeness (QED) is 0.720. The second-order valence-electron chi connectivity index (χ2n) is 8.85. The van der Waals surface area contributed by atoms with Gasteiger partial charge in [0, 0.05) is 23.4 Å². The van der Waals surface area contributed by atoms with E-state index in [-0.39, 0.29) is 17.4 Å². The van der Waals surface area contributed by atoms with E-state index in [0.717, 1.165) is 28.6 Å². The molecule has 1 aromatic carbocycles. The van der Waals surface area contributed by atoms with Crippen LogP contribution in [0, 0.1) is 0 Å². The molecule has 0 saturated carbocycles. The van der Waals surface area contributed by atoms with Gasteiger partial charge in [-0.25, -0.2) is 0 Å². The lowest BCUT2D eigenvalue weighted by atomic mass is 9.82. The van der Waals surface area contributed by atoms with E-state index in [1.54, 1.807) is 0 Å². The monoisotopic (exact) mass is 447 g/mol. The maximum Gasteiger partial charge on any atom is 0.272 e. The van der Waals surface area contributed by atoms with Gasteiger partial charge in [-0.3, -0.25) is 9.48 Å². The largest absolute Gasteiger partial charge is 0.381 e. The molecule has 0 unspecified atom stereocenters. The van der Waals surface area contributed by atoms with E-state index >= 15 is 0 Å². The molecule has 3 rings (SSSR count). The number of hydrogen-bond donors (Lipinski definition) is 1. The van der Waals surface area contributed by atoms with Crippen LogP contribution in [0.2, 0.25) is 0 Å². The standard InChI is InChI=1S/C22H30BrN3O2/c1-15(2)19-14-18(25-26(19)21(3,4)5)20(27)24-22(9-11-28-12-10-22)16-7-6-8-17(23)13-16/h6-8,13-15H,9-12H2,1-5H3,(H,24,27). The van der Waals surface area contributed by atoms with Gasteiger partial charge in [-0.15, -0.1) is 0 Å². The van der Waals surface area contributed by atoms with Crippen molar-refractivity contribution in [3.63, 3.8) is 0 Å². The molecular weight excluding hydrogens is 418 g/mol. The number of ether oxygens (including phenoxy) is 1. The molecule has 1 fully saturated rings. The maximum absolute atomic E-state index is 13.3. The SMILES string of the molecule is CC(C)c1cc(C(=O)NC2(c3cccc(Br)c3)CCOCC2)nn1C(C)(C)C. The number of amides is 1. The molecule has 0 spiro atoms. The molecule has 2 heterocycles. The highest BCUT2D eigenvalue weighted by atomic mass is 79.9. The fourth-order valence-corrected chi connectivity index (χ4v) is 4.13. The smallest absolute Gasteiger partial charge is 0.272 e. The summed E-state index contributed by atoms with van der Waals surface area (Å²) < 4.78 is 8.56. The van der Waals surface area contributed by atoms with Crippen LogP contribution in [0.1, 0.15) is 75.1 Å². The molecule has 5 nitrogen and oxygen atoms in total. The van der Waals surface area contributed by atoms with E-state index in [0.29, 0.717) is 18.9 Å². The fourth-order valence-electron chi connectivity index (χ4n) is 3.73. The number of carbonyl (C=O) groups is 1. The van der Waals surface area contributed by atoms with Gasteiger partial charge < -0.3 is 10.1 Å². The van der Waals surface area contributed by atoms with Crippen molar-refractivity contribution < 1.29 is 9.53 Å². The first-order chi connectivity index (χ1) is 13.1. The predicted octanol–water partition coefficient (Wildman–Crippen LogP) is 4.96.